The fraction of sp³-hybridized carbons (Fsp3) is 0. The van der Waals surface area contributed by atoms with E-state index in [0.29, 0.717) is 26.1 Å². The summed E-state index contributed by atoms with van der Waals surface area (Å²) in [5, 5.41) is 7.41. The minimum atomic E-state index is 0. The fourth-order valence-electron chi connectivity index (χ4n) is 0. The summed E-state index contributed by atoms with van der Waals surface area (Å²) in [6, 6.07) is 0. The Morgan fingerprint density at radius 1 is 1.75 bits per heavy atom. The van der Waals surface area contributed by atoms with Crippen molar-refractivity contribution in [3.05, 3.63) is 0 Å². The molecular formula is CH2HgNS. The first kappa shape index (κ1) is 8.84. The molecule has 0 aliphatic rings. The molecule has 1 nitrogen and oxygen atoms in total. The molecule has 0 aromatic rings. The molecule has 0 spiro atoms. The monoisotopic (exact) mass is 262 g/mol. The van der Waals surface area contributed by atoms with E-state index in [0.717, 1.165) is 0 Å². The fourth-order valence-corrected chi connectivity index (χ4v) is 0. The van der Waals surface area contributed by atoms with Crippen molar-refractivity contribution in [2.24, 2.45) is 0 Å². The van der Waals surface area contributed by atoms with Crippen LogP contribution in [0, 0.1) is 8.84 Å². The molecule has 0 aliphatic carbocycles. The Kier molecular flexibility index (Phi) is 20.4. The van der Waals surface area contributed by atoms with E-state index < -0.39 is 0 Å². The van der Waals surface area contributed by atoms with Gasteiger partial charge in [-0.15, -0.1) is 0 Å². The van der Waals surface area contributed by atoms with Crippen LogP contribution in [0.5, 0.6) is 0 Å². The van der Waals surface area contributed by atoms with Crippen molar-refractivity contribution < 1.29 is 26.1 Å². The van der Waals surface area contributed by atoms with Gasteiger partial charge in [-0.3, -0.25) is 0 Å². The third-order valence-corrected chi connectivity index (χ3v) is 0. The average molecular weight is 261 g/mol. The van der Waals surface area contributed by atoms with E-state index >= 15 is 0 Å². The summed E-state index contributed by atoms with van der Waals surface area (Å²) in [7, 11) is 0. The molecule has 0 radical (unpaired) electrons. The summed E-state index contributed by atoms with van der Waals surface area (Å²) in [4.78, 5) is 0. The van der Waals surface area contributed by atoms with Crippen LogP contribution in [-0.4, -0.2) is 0 Å². The van der Waals surface area contributed by atoms with E-state index in [4.69, 9.17) is 5.26 Å². The molecule has 0 fully saturated rings. The molecule has 0 bridgehead atoms. The number of hydrogen-bond acceptors (Lipinski definition) is 1. The van der Waals surface area contributed by atoms with Crippen molar-refractivity contribution in [2.75, 3.05) is 0 Å². The molecule has 0 aliphatic heterocycles. The first-order chi connectivity index (χ1) is 1.41. The Balaban J connectivity index is 0. The third-order valence-electron chi connectivity index (χ3n) is 0. The number of nitrogens with zero attached hydrogens (tertiary/aromatic N) is 1. The second-order valence-corrected chi connectivity index (χ2v) is 1.39. The van der Waals surface area contributed by atoms with Crippen molar-refractivity contribution in [2.45, 2.75) is 0 Å². The maximum absolute atomic E-state index is 7.41. The Morgan fingerprint density at radius 3 is 1.75 bits per heavy atom. The summed E-state index contributed by atoms with van der Waals surface area (Å²) in [6.07, 6.45) is 0. The van der Waals surface area contributed by atoms with Crippen LogP contribution in [-0.2, 0) is 26.1 Å². The summed E-state index contributed by atoms with van der Waals surface area (Å²) in [5.41, 5.74) is 0. The summed E-state index contributed by atoms with van der Waals surface area (Å²) in [6.45, 7) is 0. The summed E-state index contributed by atoms with van der Waals surface area (Å²) in [5.74, 6) is 0. The normalized spacial score (nSPS) is 2.25. The smallest absolute Gasteiger partial charge is 0.197 e. The van der Waals surface area contributed by atoms with E-state index in [-0.39, 0.29) is 13.5 Å². The number of hydrogen-bond donors (Lipinski definition) is 0. The maximum atomic E-state index is 7.41. The van der Waals surface area contributed by atoms with Crippen molar-refractivity contribution in [1.82, 2.24) is 0 Å². The molecule has 0 unspecified atom stereocenters. The first-order valence-corrected chi connectivity index (χ1v) is 3.33. The van der Waals surface area contributed by atoms with Crippen LogP contribution in [0.15, 0.2) is 0 Å². The predicted molar refractivity (Wildman–Crippen MR) is 16.0 cm³/mol. The number of rotatable bonds is 0. The second kappa shape index (κ2) is 9.23. The van der Waals surface area contributed by atoms with Crippen molar-refractivity contribution in [3.63, 3.8) is 0 Å². The Labute approximate surface area is 48.4 Å². The molecule has 0 heterocycles. The Morgan fingerprint density at radius 2 is 1.75 bits per heavy atom. The SMILES string of the molecule is N#[C][Hg].S. The zero-order chi connectivity index (χ0) is 2.71. The molecule has 0 rings (SSSR count). The van der Waals surface area contributed by atoms with Crippen LogP contribution < -0.4 is 0 Å². The largest absolute Gasteiger partial charge is 0.197 e. The van der Waals surface area contributed by atoms with Gasteiger partial charge >= 0.3 is 35.0 Å². The summed E-state index contributed by atoms with van der Waals surface area (Å²) >= 11 is 0.372. The van der Waals surface area contributed by atoms with Gasteiger partial charge in [-0.2, -0.15) is 13.5 Å². The van der Waals surface area contributed by atoms with Gasteiger partial charge in [-0.1, -0.05) is 0 Å². The molecule has 0 saturated carbocycles. The van der Waals surface area contributed by atoms with E-state index in [1.54, 1.807) is 0 Å². The van der Waals surface area contributed by atoms with Crippen LogP contribution in [0.3, 0.4) is 0 Å². The Hall–Kier alpha value is 0.775. The van der Waals surface area contributed by atoms with Crippen molar-refractivity contribution >= 4 is 13.5 Å². The van der Waals surface area contributed by atoms with Gasteiger partial charge in [-0.05, 0) is 0 Å². The van der Waals surface area contributed by atoms with Crippen LogP contribution in [0.4, 0.5) is 0 Å². The van der Waals surface area contributed by atoms with Crippen LogP contribution in [0.25, 0.3) is 0 Å². The van der Waals surface area contributed by atoms with Gasteiger partial charge in [0.1, 0.15) is 0 Å². The zero-order valence-corrected chi connectivity index (χ0v) is 8.65. The molecule has 0 atom stereocenters. The topological polar surface area (TPSA) is 23.8 Å². The molecule has 4 heavy (non-hydrogen) atoms. The van der Waals surface area contributed by atoms with Gasteiger partial charge < -0.3 is 0 Å². The first-order valence-electron chi connectivity index (χ1n) is 0.577. The Bertz CT molecular complexity index is 29.5. The molecule has 0 N–H and O–H groups in total. The van der Waals surface area contributed by atoms with E-state index in [1.807, 2.05) is 3.58 Å². The molecule has 0 aromatic carbocycles. The second-order valence-electron chi connectivity index (χ2n) is 0.158. The number of nitriles is 1. The van der Waals surface area contributed by atoms with Crippen LogP contribution >= 0.6 is 13.5 Å². The predicted octanol–water partition coefficient (Wildman–Crippen LogP) is 0.127. The van der Waals surface area contributed by atoms with Crippen molar-refractivity contribution in [1.29, 1.82) is 5.26 Å². The molecule has 0 saturated heterocycles. The van der Waals surface area contributed by atoms with Crippen LogP contribution in [0.2, 0.25) is 0 Å². The molecular weight excluding hydrogens is 259 g/mol. The standard InChI is InChI=1S/CN.Hg.H2S/c1-2;;/h;;1H2. The summed E-state index contributed by atoms with van der Waals surface area (Å²) < 4.78 is 1.94. The minimum Gasteiger partial charge on any atom is -0.197 e. The zero-order valence-electron chi connectivity index (χ0n) is 2.15. The molecule has 0 aromatic heterocycles. The van der Waals surface area contributed by atoms with Gasteiger partial charge in [0, 0.05) is 0 Å². The molecule has 0 amide bonds. The van der Waals surface area contributed by atoms with Gasteiger partial charge in [0.2, 0.25) is 0 Å². The van der Waals surface area contributed by atoms with Gasteiger partial charge in [0.25, 0.3) is 0 Å². The van der Waals surface area contributed by atoms with Gasteiger partial charge in [-0.25, -0.2) is 0 Å². The maximum Gasteiger partial charge on any atom is -0.197 e. The third kappa shape index (κ3) is 14.6. The minimum absolute atomic E-state index is 0. The van der Waals surface area contributed by atoms with Crippen LogP contribution in [0.1, 0.15) is 0 Å². The van der Waals surface area contributed by atoms with Crippen molar-refractivity contribution in [3.8, 4) is 3.58 Å². The van der Waals surface area contributed by atoms with E-state index in [2.05, 4.69) is 0 Å². The quantitative estimate of drug-likeness (QED) is 0.568. The van der Waals surface area contributed by atoms with Gasteiger partial charge in [0.05, 0.1) is 0 Å². The average Bonchev–Trinajstić information content (AvgIpc) is 0.918. The van der Waals surface area contributed by atoms with Gasteiger partial charge in [0.15, 0.2) is 0 Å². The van der Waals surface area contributed by atoms with E-state index in [9.17, 15) is 0 Å². The molecule has 3 heteroatoms. The van der Waals surface area contributed by atoms with E-state index in [1.165, 1.54) is 0 Å². The molecule has 19 valence electrons.